The number of benzene rings is 1. The molecule has 1 rings (SSSR count). The predicted octanol–water partition coefficient (Wildman–Crippen LogP) is 3.12. The zero-order valence-corrected chi connectivity index (χ0v) is 14.8. The summed E-state index contributed by atoms with van der Waals surface area (Å²) in [4.78, 5) is 11.9. The van der Waals surface area contributed by atoms with Crippen molar-refractivity contribution in [3.8, 4) is 5.75 Å². The number of hydroxylamine groups is 1. The van der Waals surface area contributed by atoms with E-state index in [2.05, 4.69) is 5.11 Å². The second-order valence-corrected chi connectivity index (χ2v) is 6.69. The van der Waals surface area contributed by atoms with Crippen LogP contribution in [0.1, 0.15) is 26.3 Å². The summed E-state index contributed by atoms with van der Waals surface area (Å²) in [6.45, 7) is 4.98. The van der Waals surface area contributed by atoms with Crippen LogP contribution >= 0.6 is 22.6 Å². The number of nitrogens with zero attached hydrogens (tertiary/aromatic N) is 2. The molecular weight excluding hydrogens is 399 g/mol. The van der Waals surface area contributed by atoms with E-state index in [1.165, 1.54) is 6.20 Å². The van der Waals surface area contributed by atoms with Crippen molar-refractivity contribution in [3.63, 3.8) is 0 Å². The van der Waals surface area contributed by atoms with Crippen LogP contribution in [0.15, 0.2) is 35.6 Å². The Labute approximate surface area is 143 Å². The first-order chi connectivity index (χ1) is 10.3. The van der Waals surface area contributed by atoms with Crippen LogP contribution in [-0.4, -0.2) is 32.0 Å². The number of azo groups is 1. The van der Waals surface area contributed by atoms with Crippen molar-refractivity contribution in [2.75, 3.05) is 0 Å². The lowest BCUT2D eigenvalue weighted by molar-refractivity contribution is -0.462. The van der Waals surface area contributed by atoms with E-state index in [4.69, 9.17) is 4.74 Å². The minimum atomic E-state index is -0.681. The summed E-state index contributed by atoms with van der Waals surface area (Å²) < 4.78 is 4.93. The maximum absolute atomic E-state index is 11.5. The average Bonchev–Trinajstić information content (AvgIpc) is 2.46. The van der Waals surface area contributed by atoms with Crippen molar-refractivity contribution in [2.45, 2.75) is 36.8 Å². The van der Waals surface area contributed by atoms with Gasteiger partial charge in [-0.3, -0.25) is 4.79 Å². The molecule has 6 nitrogen and oxygen atoms in total. The Balaban J connectivity index is 2.68. The molecule has 1 aromatic carbocycles. The minimum absolute atomic E-state index is 0.219. The molecule has 3 atom stereocenters. The second-order valence-electron chi connectivity index (χ2n) is 4.82. The molecule has 0 heterocycles. The van der Waals surface area contributed by atoms with Crippen LogP contribution in [0, 0.1) is 5.21 Å². The van der Waals surface area contributed by atoms with Crippen molar-refractivity contribution in [1.29, 1.82) is 0 Å². The van der Waals surface area contributed by atoms with Crippen LogP contribution < -0.4 is 4.74 Å². The Hall–Kier alpha value is -1.48. The number of rotatable bonds is 6. The Morgan fingerprint density at radius 1 is 1.36 bits per heavy atom. The molecule has 0 spiro atoms. The highest BCUT2D eigenvalue weighted by atomic mass is 127. The Morgan fingerprint density at radius 2 is 1.95 bits per heavy atom. The average molecular weight is 418 g/mol. The van der Waals surface area contributed by atoms with Gasteiger partial charge in [0.2, 0.25) is 6.20 Å². The van der Waals surface area contributed by atoms with E-state index >= 15 is 0 Å². The summed E-state index contributed by atoms with van der Waals surface area (Å²) in [7, 11) is 0. The van der Waals surface area contributed by atoms with Crippen LogP contribution in [0.25, 0.3) is 6.08 Å². The number of ether oxygens (including phenoxy) is 1. The Bertz CT molecular complexity index is 553. The Kier molecular flexibility index (Phi) is 7.46. The van der Waals surface area contributed by atoms with Crippen molar-refractivity contribution < 1.29 is 19.5 Å². The first kappa shape index (κ1) is 18.6. The fraction of sp³-hybridized carbons (Fsp3) is 0.400. The molecule has 22 heavy (non-hydrogen) atoms. The van der Waals surface area contributed by atoms with Gasteiger partial charge in [-0.2, -0.15) is 0 Å². The van der Waals surface area contributed by atoms with Gasteiger partial charge in [0, 0.05) is 6.08 Å². The molecule has 0 bridgehead atoms. The quantitative estimate of drug-likeness (QED) is 0.146. The highest BCUT2D eigenvalue weighted by Gasteiger charge is 2.11. The van der Waals surface area contributed by atoms with E-state index in [-0.39, 0.29) is 9.89 Å². The second kappa shape index (κ2) is 8.84. The van der Waals surface area contributed by atoms with E-state index in [1.54, 1.807) is 51.1 Å². The first-order valence-electron chi connectivity index (χ1n) is 6.79. The molecule has 1 aromatic rings. The molecule has 0 amide bonds. The normalized spacial score (nSPS) is 16.3. The van der Waals surface area contributed by atoms with Crippen LogP contribution in [0.5, 0.6) is 5.75 Å². The Morgan fingerprint density at radius 3 is 2.45 bits per heavy atom. The van der Waals surface area contributed by atoms with Gasteiger partial charge in [-0.05, 0) is 43.6 Å². The third kappa shape index (κ3) is 6.52. The molecule has 0 aliphatic carbocycles. The number of halogens is 1. The number of esters is 1. The maximum atomic E-state index is 11.5. The summed E-state index contributed by atoms with van der Waals surface area (Å²) in [6, 6.07) is 6.29. The fourth-order valence-corrected chi connectivity index (χ4v) is 1.44. The highest BCUT2D eigenvalue weighted by molar-refractivity contribution is 14.1. The van der Waals surface area contributed by atoms with Gasteiger partial charge in [0.05, 0.1) is 6.10 Å². The lowest BCUT2D eigenvalue weighted by atomic mass is 10.2. The lowest BCUT2D eigenvalue weighted by Gasteiger charge is -2.06. The van der Waals surface area contributed by atoms with Gasteiger partial charge in [0.25, 0.3) is 0 Å². The van der Waals surface area contributed by atoms with Gasteiger partial charge in [0.15, 0.2) is 0 Å². The smallest absolute Gasteiger partial charge is 0.323 e. The maximum Gasteiger partial charge on any atom is 0.323 e. The van der Waals surface area contributed by atoms with Gasteiger partial charge < -0.3 is 15.1 Å². The number of carbonyl (C=O) groups excluding carboxylic acids is 1. The predicted molar refractivity (Wildman–Crippen MR) is 91.8 cm³/mol. The van der Waals surface area contributed by atoms with Crippen LogP contribution in [0.4, 0.5) is 0 Å². The molecule has 0 fully saturated rings. The fourth-order valence-electron chi connectivity index (χ4n) is 1.31. The van der Waals surface area contributed by atoms with Gasteiger partial charge >= 0.3 is 5.97 Å². The molecule has 0 aromatic heterocycles. The number of aliphatic hydroxyl groups is 1. The number of aliphatic hydroxyl groups excluding tert-OH is 1. The number of alkyl halides is 1. The first-order valence-corrected chi connectivity index (χ1v) is 8.03. The molecule has 0 radical (unpaired) electrons. The summed E-state index contributed by atoms with van der Waals surface area (Å²) in [5.41, 5.74) is 0.767. The molecule has 7 heteroatoms. The van der Waals surface area contributed by atoms with Crippen LogP contribution in [0.3, 0.4) is 0 Å². The summed E-state index contributed by atoms with van der Waals surface area (Å²) in [5, 5.41) is 24.5. The summed E-state index contributed by atoms with van der Waals surface area (Å²) in [6.07, 6.45) is 2.16. The molecule has 0 saturated heterocycles. The van der Waals surface area contributed by atoms with Gasteiger partial charge in [0.1, 0.15) is 15.7 Å². The molecule has 0 saturated carbocycles. The van der Waals surface area contributed by atoms with Gasteiger partial charge in [-0.15, -0.1) is 0 Å². The van der Waals surface area contributed by atoms with E-state index in [0.717, 1.165) is 5.56 Å². The van der Waals surface area contributed by atoms with Crippen LogP contribution in [0.2, 0.25) is 0 Å². The number of hydrogen-bond donors (Lipinski definition) is 1. The van der Waals surface area contributed by atoms with Crippen molar-refractivity contribution in [2.24, 2.45) is 5.11 Å². The zero-order chi connectivity index (χ0) is 16.7. The van der Waals surface area contributed by atoms with Crippen molar-refractivity contribution in [3.05, 3.63) is 41.2 Å². The van der Waals surface area contributed by atoms with Crippen LogP contribution in [-0.2, 0) is 4.79 Å². The zero-order valence-electron chi connectivity index (χ0n) is 12.6. The SMILES string of the molecule is CC(I)C(=O)Oc1ccc(/C=C/[N+]([O-])=NC(C)C(C)O)cc1. The topological polar surface area (TPSA) is 85.0 Å². The monoisotopic (exact) mass is 418 g/mol. The number of hydrogen-bond acceptors (Lipinski definition) is 5. The third-order valence-corrected chi connectivity index (χ3v) is 3.32. The largest absolute Gasteiger partial charge is 0.595 e. The number of carbonyl (C=O) groups is 1. The molecule has 120 valence electrons. The van der Waals surface area contributed by atoms with Gasteiger partial charge in [-0.1, -0.05) is 39.6 Å². The van der Waals surface area contributed by atoms with E-state index in [0.29, 0.717) is 10.6 Å². The van der Waals surface area contributed by atoms with E-state index < -0.39 is 12.1 Å². The summed E-state index contributed by atoms with van der Waals surface area (Å²) in [5.74, 6) is 0.151. The standard InChI is InChI=1S/C15H19IN2O4/c1-10(16)15(20)22-14-6-4-13(5-7-14)8-9-18(21)17-11(2)12(3)19/h4-12,19H,1-3H3/b9-8+,18-17?. The van der Waals surface area contributed by atoms with Crippen molar-refractivity contribution in [1.82, 2.24) is 0 Å². The van der Waals surface area contributed by atoms with E-state index in [9.17, 15) is 15.1 Å². The van der Waals surface area contributed by atoms with E-state index in [1.807, 2.05) is 22.6 Å². The van der Waals surface area contributed by atoms with Gasteiger partial charge in [-0.25, -0.2) is 0 Å². The molecule has 0 aliphatic rings. The molecule has 0 aliphatic heterocycles. The molecular formula is C15H19IN2O4. The molecule has 1 N–H and O–H groups in total. The highest BCUT2D eigenvalue weighted by Crippen LogP contribution is 2.15. The minimum Gasteiger partial charge on any atom is -0.595 e. The molecule has 3 unspecified atom stereocenters. The third-order valence-electron chi connectivity index (χ3n) is 2.81. The van der Waals surface area contributed by atoms with Crippen molar-refractivity contribution >= 4 is 34.6 Å². The lowest BCUT2D eigenvalue weighted by Crippen LogP contribution is -2.18. The summed E-state index contributed by atoms with van der Waals surface area (Å²) >= 11 is 1.98.